The van der Waals surface area contributed by atoms with Gasteiger partial charge in [0, 0.05) is 5.56 Å². The van der Waals surface area contributed by atoms with E-state index in [0.717, 1.165) is 12.1 Å². The standard InChI is InChI=1S/C15H6F4O4/c16-10-8-9(11(17)13(19)12(10)18)15(23)7-5(21)2-1-4(3-20)6(7)14(8)22/h1-2,20-21H,3H2. The molecule has 0 amide bonds. The number of carbonyl (C=O) groups is 2. The van der Waals surface area contributed by atoms with Gasteiger partial charge in [-0.3, -0.25) is 9.59 Å². The van der Waals surface area contributed by atoms with E-state index in [4.69, 9.17) is 0 Å². The predicted molar refractivity (Wildman–Crippen MR) is 67.2 cm³/mol. The van der Waals surface area contributed by atoms with Crippen LogP contribution in [0.5, 0.6) is 5.75 Å². The van der Waals surface area contributed by atoms with Gasteiger partial charge in [0.25, 0.3) is 0 Å². The third-order valence-electron chi connectivity index (χ3n) is 3.62. The zero-order valence-corrected chi connectivity index (χ0v) is 11.1. The van der Waals surface area contributed by atoms with Crippen LogP contribution in [0.25, 0.3) is 0 Å². The fraction of sp³-hybridized carbons (Fsp3) is 0.0667. The van der Waals surface area contributed by atoms with Gasteiger partial charge in [-0.25, -0.2) is 17.6 Å². The minimum Gasteiger partial charge on any atom is -0.507 e. The van der Waals surface area contributed by atoms with E-state index >= 15 is 0 Å². The average Bonchev–Trinajstić information content (AvgIpc) is 2.53. The van der Waals surface area contributed by atoms with Crippen molar-refractivity contribution < 1.29 is 37.4 Å². The lowest BCUT2D eigenvalue weighted by Crippen LogP contribution is -2.27. The zero-order valence-electron chi connectivity index (χ0n) is 11.1. The molecule has 4 nitrogen and oxygen atoms in total. The highest BCUT2D eigenvalue weighted by Gasteiger charge is 2.41. The molecule has 0 radical (unpaired) electrons. The van der Waals surface area contributed by atoms with Crippen molar-refractivity contribution in [1.29, 1.82) is 0 Å². The molecule has 0 saturated heterocycles. The van der Waals surface area contributed by atoms with Gasteiger partial charge < -0.3 is 10.2 Å². The Morgan fingerprint density at radius 3 is 1.70 bits per heavy atom. The Morgan fingerprint density at radius 2 is 1.22 bits per heavy atom. The van der Waals surface area contributed by atoms with Crippen LogP contribution in [-0.4, -0.2) is 21.8 Å². The van der Waals surface area contributed by atoms with Crippen LogP contribution in [0.4, 0.5) is 17.6 Å². The molecule has 0 aromatic heterocycles. The maximum Gasteiger partial charge on any atom is 0.201 e. The summed E-state index contributed by atoms with van der Waals surface area (Å²) in [6, 6.07) is 2.06. The minimum absolute atomic E-state index is 0.147. The summed E-state index contributed by atoms with van der Waals surface area (Å²) in [6.45, 7) is -0.745. The first-order chi connectivity index (χ1) is 10.8. The van der Waals surface area contributed by atoms with Crippen LogP contribution >= 0.6 is 0 Å². The molecule has 0 saturated carbocycles. The van der Waals surface area contributed by atoms with E-state index in [-0.39, 0.29) is 5.56 Å². The third-order valence-corrected chi connectivity index (χ3v) is 3.62. The van der Waals surface area contributed by atoms with Crippen molar-refractivity contribution in [2.45, 2.75) is 6.61 Å². The van der Waals surface area contributed by atoms with Crippen LogP contribution in [0.2, 0.25) is 0 Å². The van der Waals surface area contributed by atoms with E-state index in [1.165, 1.54) is 0 Å². The molecule has 2 aromatic rings. The minimum atomic E-state index is -2.23. The molecule has 2 N–H and O–H groups in total. The van der Waals surface area contributed by atoms with Gasteiger partial charge in [-0.1, -0.05) is 6.07 Å². The van der Waals surface area contributed by atoms with Gasteiger partial charge in [0.1, 0.15) is 5.75 Å². The topological polar surface area (TPSA) is 74.6 Å². The summed E-state index contributed by atoms with van der Waals surface area (Å²) >= 11 is 0. The molecule has 0 bridgehead atoms. The molecule has 2 aromatic carbocycles. The highest BCUT2D eigenvalue weighted by molar-refractivity contribution is 6.30. The van der Waals surface area contributed by atoms with Gasteiger partial charge in [0.05, 0.1) is 23.3 Å². The van der Waals surface area contributed by atoms with Crippen molar-refractivity contribution in [2.24, 2.45) is 0 Å². The Balaban J connectivity index is 2.48. The molecule has 23 heavy (non-hydrogen) atoms. The number of carbonyl (C=O) groups excluding carboxylic acids is 2. The summed E-state index contributed by atoms with van der Waals surface area (Å²) in [5, 5.41) is 18.9. The lowest BCUT2D eigenvalue weighted by molar-refractivity contribution is 0.0964. The number of ketones is 2. The third kappa shape index (κ3) is 1.81. The Morgan fingerprint density at radius 1 is 0.739 bits per heavy atom. The number of fused-ring (bicyclic) bond motifs is 2. The summed E-state index contributed by atoms with van der Waals surface area (Å²) in [4.78, 5) is 24.6. The Kier molecular flexibility index (Phi) is 3.22. The van der Waals surface area contributed by atoms with Crippen LogP contribution in [0.3, 0.4) is 0 Å². The van der Waals surface area contributed by atoms with Gasteiger partial charge in [-0.05, 0) is 11.6 Å². The first-order valence-electron chi connectivity index (χ1n) is 6.22. The number of benzene rings is 2. The summed E-state index contributed by atoms with van der Waals surface area (Å²) < 4.78 is 54.5. The second-order valence-electron chi connectivity index (χ2n) is 4.82. The van der Waals surface area contributed by atoms with Crippen LogP contribution in [0.15, 0.2) is 12.1 Å². The molecule has 0 atom stereocenters. The monoisotopic (exact) mass is 326 g/mol. The van der Waals surface area contributed by atoms with E-state index in [2.05, 4.69) is 0 Å². The van der Waals surface area contributed by atoms with Crippen molar-refractivity contribution in [2.75, 3.05) is 0 Å². The van der Waals surface area contributed by atoms with Crippen molar-refractivity contribution in [1.82, 2.24) is 0 Å². The summed E-state index contributed by atoms with van der Waals surface area (Å²) in [6.07, 6.45) is 0. The smallest absolute Gasteiger partial charge is 0.201 e. The number of hydrogen-bond donors (Lipinski definition) is 2. The molecule has 0 unspecified atom stereocenters. The van der Waals surface area contributed by atoms with E-state index in [9.17, 15) is 37.4 Å². The van der Waals surface area contributed by atoms with E-state index in [1.807, 2.05) is 0 Å². The second kappa shape index (κ2) is 4.88. The molecule has 3 rings (SSSR count). The van der Waals surface area contributed by atoms with Crippen LogP contribution < -0.4 is 0 Å². The quantitative estimate of drug-likeness (QED) is 0.408. The maximum atomic E-state index is 13.9. The molecule has 1 aliphatic rings. The molecule has 0 spiro atoms. The summed E-state index contributed by atoms with van der Waals surface area (Å²) in [5.41, 5.74) is -3.97. The number of aromatic hydroxyl groups is 1. The van der Waals surface area contributed by atoms with Gasteiger partial charge in [-0.15, -0.1) is 0 Å². The Bertz CT molecular complexity index is 905. The second-order valence-corrected chi connectivity index (χ2v) is 4.82. The largest absolute Gasteiger partial charge is 0.507 e. The fourth-order valence-corrected chi connectivity index (χ4v) is 2.56. The van der Waals surface area contributed by atoms with Crippen LogP contribution in [0, 0.1) is 23.3 Å². The van der Waals surface area contributed by atoms with Gasteiger partial charge in [0.2, 0.25) is 5.78 Å². The lowest BCUT2D eigenvalue weighted by Gasteiger charge is -2.21. The summed E-state index contributed by atoms with van der Waals surface area (Å²) in [7, 11) is 0. The predicted octanol–water partition coefficient (Wildman–Crippen LogP) is 2.22. The Labute approximate surface area is 125 Å². The molecule has 118 valence electrons. The number of halogens is 4. The van der Waals surface area contributed by atoms with E-state index in [1.54, 1.807) is 0 Å². The zero-order chi connectivity index (χ0) is 17.0. The van der Waals surface area contributed by atoms with E-state index in [0.29, 0.717) is 0 Å². The number of aliphatic hydroxyl groups excluding tert-OH is 1. The highest BCUT2D eigenvalue weighted by atomic mass is 19.2. The SMILES string of the molecule is O=C1c2c(O)ccc(CO)c2C(=O)c2c(F)c(F)c(F)c(F)c21. The van der Waals surface area contributed by atoms with Gasteiger partial charge >= 0.3 is 0 Å². The molecule has 1 aliphatic carbocycles. The maximum absolute atomic E-state index is 13.9. The molecule has 0 aliphatic heterocycles. The Hall–Kier alpha value is -2.74. The van der Waals surface area contributed by atoms with Gasteiger partial charge in [0.15, 0.2) is 29.1 Å². The van der Waals surface area contributed by atoms with E-state index < -0.39 is 69.4 Å². The molecule has 8 heteroatoms. The number of hydrogen-bond acceptors (Lipinski definition) is 4. The van der Waals surface area contributed by atoms with Crippen molar-refractivity contribution in [3.05, 3.63) is 63.2 Å². The van der Waals surface area contributed by atoms with Crippen molar-refractivity contribution in [3.8, 4) is 5.75 Å². The highest BCUT2D eigenvalue weighted by Crippen LogP contribution is 2.38. The molecular weight excluding hydrogens is 320 g/mol. The number of aliphatic hydroxyl groups is 1. The number of phenolic OH excluding ortho intramolecular Hbond substituents is 1. The van der Waals surface area contributed by atoms with Crippen LogP contribution in [0.1, 0.15) is 37.4 Å². The van der Waals surface area contributed by atoms with Crippen molar-refractivity contribution in [3.63, 3.8) is 0 Å². The first-order valence-corrected chi connectivity index (χ1v) is 6.22. The summed E-state index contributed by atoms with van der Waals surface area (Å²) in [5.74, 6) is -11.9. The number of phenols is 1. The fourth-order valence-electron chi connectivity index (χ4n) is 2.56. The van der Waals surface area contributed by atoms with Crippen molar-refractivity contribution >= 4 is 11.6 Å². The lowest BCUT2D eigenvalue weighted by atomic mass is 9.80. The molecule has 0 fully saturated rings. The number of rotatable bonds is 1. The molecular formula is C15H6F4O4. The van der Waals surface area contributed by atoms with Crippen LogP contribution in [-0.2, 0) is 6.61 Å². The van der Waals surface area contributed by atoms with Gasteiger partial charge in [-0.2, -0.15) is 0 Å². The first kappa shape index (κ1) is 15.2. The normalized spacial score (nSPS) is 13.1. The molecule has 0 heterocycles. The average molecular weight is 326 g/mol.